The van der Waals surface area contributed by atoms with Crippen molar-refractivity contribution < 1.29 is 26.3 Å². The Morgan fingerprint density at radius 3 is 2.19 bits per heavy atom. The zero-order valence-electron chi connectivity index (χ0n) is 13.2. The minimum Gasteiger partial charge on any atom is -0.329 e. The minimum atomic E-state index is -4.73. The summed E-state index contributed by atoms with van der Waals surface area (Å²) in [6, 6.07) is 10.9. The van der Waals surface area contributed by atoms with E-state index < -0.39 is 27.6 Å². The summed E-state index contributed by atoms with van der Waals surface area (Å²) in [5, 5.41) is 3.28. The van der Waals surface area contributed by atoms with Crippen LogP contribution < -0.4 is 0 Å². The van der Waals surface area contributed by atoms with Crippen molar-refractivity contribution in [3.05, 3.63) is 60.2 Å². The largest absolute Gasteiger partial charge is 0.471 e. The SMILES string of the molecule is CS(=O)(=Nc1ccc(F)cc1)c1ccc(-c2noc(C(F)(F)F)n2)cc1. The Hall–Kier alpha value is -2.75. The van der Waals surface area contributed by atoms with Crippen LogP contribution in [0.4, 0.5) is 23.2 Å². The van der Waals surface area contributed by atoms with E-state index in [1.165, 1.54) is 54.8 Å². The highest BCUT2D eigenvalue weighted by Gasteiger charge is 2.38. The maximum atomic E-state index is 12.9. The van der Waals surface area contributed by atoms with E-state index >= 15 is 0 Å². The van der Waals surface area contributed by atoms with Gasteiger partial charge in [0.05, 0.1) is 15.4 Å². The number of rotatable bonds is 3. The highest BCUT2D eigenvalue weighted by Crippen LogP contribution is 2.29. The molecule has 0 saturated heterocycles. The molecule has 1 heterocycles. The third-order valence-corrected chi connectivity index (χ3v) is 5.03. The van der Waals surface area contributed by atoms with E-state index in [2.05, 4.69) is 19.0 Å². The highest BCUT2D eigenvalue weighted by atomic mass is 32.2. The van der Waals surface area contributed by atoms with Gasteiger partial charge in [0.15, 0.2) is 0 Å². The average molecular weight is 385 g/mol. The molecule has 3 rings (SSSR count). The first-order valence-corrected chi connectivity index (χ1v) is 9.06. The lowest BCUT2D eigenvalue weighted by Crippen LogP contribution is -2.04. The summed E-state index contributed by atoms with van der Waals surface area (Å²) in [5.74, 6) is -2.11. The molecular weight excluding hydrogens is 374 g/mol. The fraction of sp³-hybridized carbons (Fsp3) is 0.125. The van der Waals surface area contributed by atoms with Crippen molar-refractivity contribution in [1.82, 2.24) is 10.1 Å². The smallest absolute Gasteiger partial charge is 0.329 e. The van der Waals surface area contributed by atoms with Crippen LogP contribution in [0.5, 0.6) is 0 Å². The molecular formula is C16H11F4N3O2S. The molecule has 0 aliphatic heterocycles. The molecule has 0 N–H and O–H groups in total. The maximum Gasteiger partial charge on any atom is 0.471 e. The van der Waals surface area contributed by atoms with Crippen molar-refractivity contribution in [2.24, 2.45) is 4.36 Å². The number of benzene rings is 2. The summed E-state index contributed by atoms with van der Waals surface area (Å²) in [6.07, 6.45) is -3.32. The molecule has 0 saturated carbocycles. The normalized spacial score (nSPS) is 14.0. The van der Waals surface area contributed by atoms with Crippen LogP contribution in [-0.4, -0.2) is 20.6 Å². The van der Waals surface area contributed by atoms with Crippen molar-refractivity contribution in [2.45, 2.75) is 11.1 Å². The first-order chi connectivity index (χ1) is 12.1. The molecule has 0 amide bonds. The molecule has 0 aliphatic rings. The Morgan fingerprint density at radius 2 is 1.65 bits per heavy atom. The molecule has 1 atom stereocenters. The van der Waals surface area contributed by atoms with Crippen LogP contribution in [0.15, 0.2) is 62.3 Å². The van der Waals surface area contributed by atoms with Gasteiger partial charge in [0, 0.05) is 16.7 Å². The van der Waals surface area contributed by atoms with Gasteiger partial charge in [-0.3, -0.25) is 0 Å². The lowest BCUT2D eigenvalue weighted by atomic mass is 10.2. The molecule has 1 aromatic heterocycles. The van der Waals surface area contributed by atoms with E-state index in [-0.39, 0.29) is 11.4 Å². The number of hydrogen-bond donors (Lipinski definition) is 0. The van der Waals surface area contributed by atoms with Gasteiger partial charge >= 0.3 is 12.1 Å². The quantitative estimate of drug-likeness (QED) is 0.614. The van der Waals surface area contributed by atoms with Gasteiger partial charge in [-0.05, 0) is 48.5 Å². The molecule has 5 nitrogen and oxygen atoms in total. The van der Waals surface area contributed by atoms with Gasteiger partial charge in [0.1, 0.15) is 5.82 Å². The van der Waals surface area contributed by atoms with Gasteiger partial charge in [0.25, 0.3) is 0 Å². The summed E-state index contributed by atoms with van der Waals surface area (Å²) in [4.78, 5) is 3.64. The maximum absolute atomic E-state index is 12.9. The molecule has 0 spiro atoms. The summed E-state index contributed by atoms with van der Waals surface area (Å²) < 4.78 is 71.5. The predicted octanol–water partition coefficient (Wildman–Crippen LogP) is 4.68. The van der Waals surface area contributed by atoms with Crippen LogP contribution >= 0.6 is 0 Å². The first-order valence-electron chi connectivity index (χ1n) is 7.14. The average Bonchev–Trinajstić information content (AvgIpc) is 3.07. The number of hydrogen-bond acceptors (Lipinski definition) is 5. The minimum absolute atomic E-state index is 0.234. The topological polar surface area (TPSA) is 68.3 Å². The lowest BCUT2D eigenvalue weighted by Gasteiger charge is -2.05. The molecule has 0 radical (unpaired) electrons. The van der Waals surface area contributed by atoms with Crippen molar-refractivity contribution in [2.75, 3.05) is 6.26 Å². The number of aromatic nitrogens is 2. The van der Waals surface area contributed by atoms with Crippen molar-refractivity contribution in [1.29, 1.82) is 0 Å². The molecule has 26 heavy (non-hydrogen) atoms. The Kier molecular flexibility index (Phi) is 4.53. The molecule has 0 aliphatic carbocycles. The van der Waals surface area contributed by atoms with E-state index in [0.29, 0.717) is 10.6 Å². The van der Waals surface area contributed by atoms with Crippen molar-refractivity contribution >= 4 is 15.4 Å². The predicted molar refractivity (Wildman–Crippen MR) is 85.6 cm³/mol. The van der Waals surface area contributed by atoms with Gasteiger partial charge in [-0.2, -0.15) is 22.5 Å². The molecule has 0 bridgehead atoms. The highest BCUT2D eigenvalue weighted by molar-refractivity contribution is 7.93. The monoisotopic (exact) mass is 385 g/mol. The van der Waals surface area contributed by atoms with Crippen molar-refractivity contribution in [3.8, 4) is 11.4 Å². The van der Waals surface area contributed by atoms with Gasteiger partial charge in [-0.25, -0.2) is 8.60 Å². The summed E-state index contributed by atoms with van der Waals surface area (Å²) in [5.41, 5.74) is 0.612. The summed E-state index contributed by atoms with van der Waals surface area (Å²) in [6.45, 7) is 0. The van der Waals surface area contributed by atoms with Crippen LogP contribution in [0.1, 0.15) is 5.89 Å². The lowest BCUT2D eigenvalue weighted by molar-refractivity contribution is -0.159. The van der Waals surface area contributed by atoms with Gasteiger partial charge < -0.3 is 4.52 Å². The number of halogens is 4. The molecule has 2 aromatic carbocycles. The van der Waals surface area contributed by atoms with Crippen LogP contribution in [0.25, 0.3) is 11.4 Å². The fourth-order valence-corrected chi connectivity index (χ4v) is 3.34. The van der Waals surface area contributed by atoms with Gasteiger partial charge in [0.2, 0.25) is 5.82 Å². The fourth-order valence-electron chi connectivity index (χ4n) is 2.07. The van der Waals surface area contributed by atoms with Gasteiger partial charge in [-0.15, -0.1) is 0 Å². The Bertz CT molecular complexity index is 1030. The molecule has 136 valence electrons. The van der Waals surface area contributed by atoms with Gasteiger partial charge in [-0.1, -0.05) is 5.16 Å². The standard InChI is InChI=1S/C16H11F4N3O2S/c1-26(24,23-12-6-4-11(17)5-7-12)13-8-2-10(3-9-13)14-21-15(25-22-14)16(18,19)20/h2-9H,1H3. The third kappa shape index (κ3) is 3.90. The van der Waals surface area contributed by atoms with E-state index in [0.717, 1.165) is 0 Å². The summed E-state index contributed by atoms with van der Waals surface area (Å²) >= 11 is 0. The number of nitrogens with zero attached hydrogens (tertiary/aromatic N) is 3. The second-order valence-electron chi connectivity index (χ2n) is 5.32. The zero-order chi connectivity index (χ0) is 18.9. The second-order valence-corrected chi connectivity index (χ2v) is 7.57. The molecule has 0 fully saturated rings. The first kappa shape index (κ1) is 18.1. The zero-order valence-corrected chi connectivity index (χ0v) is 14.0. The Labute approximate surface area is 145 Å². The number of alkyl halides is 3. The summed E-state index contributed by atoms with van der Waals surface area (Å²) in [7, 11) is -2.83. The van der Waals surface area contributed by atoms with Crippen molar-refractivity contribution in [3.63, 3.8) is 0 Å². The molecule has 3 aromatic rings. The van der Waals surface area contributed by atoms with Crippen LogP contribution in [-0.2, 0) is 15.9 Å². The van der Waals surface area contributed by atoms with Crippen LogP contribution in [0.3, 0.4) is 0 Å². The molecule has 10 heteroatoms. The van der Waals surface area contributed by atoms with Crippen LogP contribution in [0, 0.1) is 5.82 Å². The Balaban J connectivity index is 1.90. The second kappa shape index (κ2) is 6.52. The van der Waals surface area contributed by atoms with E-state index in [1.807, 2.05) is 0 Å². The van der Waals surface area contributed by atoms with E-state index in [9.17, 15) is 21.8 Å². The third-order valence-electron chi connectivity index (χ3n) is 3.32. The van der Waals surface area contributed by atoms with Crippen LogP contribution in [0.2, 0.25) is 0 Å². The Morgan fingerprint density at radius 1 is 1.04 bits per heavy atom. The van der Waals surface area contributed by atoms with E-state index in [1.54, 1.807) is 0 Å². The molecule has 1 unspecified atom stereocenters. The van der Waals surface area contributed by atoms with E-state index in [4.69, 9.17) is 0 Å².